The molecule has 0 heterocycles. The zero-order valence-electron chi connectivity index (χ0n) is 15.1. The summed E-state index contributed by atoms with van der Waals surface area (Å²) in [5.74, 6) is -0.328. The Labute approximate surface area is 162 Å². The van der Waals surface area contributed by atoms with E-state index in [1.54, 1.807) is 23.2 Å². The summed E-state index contributed by atoms with van der Waals surface area (Å²) in [6.07, 6.45) is 2.91. The summed E-state index contributed by atoms with van der Waals surface area (Å²) in [6.45, 7) is 0.501. The van der Waals surface area contributed by atoms with Gasteiger partial charge in [0.25, 0.3) is 11.6 Å². The molecule has 6 nitrogen and oxygen atoms in total. The van der Waals surface area contributed by atoms with Gasteiger partial charge in [0.15, 0.2) is 0 Å². The first-order valence-electron chi connectivity index (χ1n) is 8.71. The van der Waals surface area contributed by atoms with Crippen LogP contribution in [0, 0.1) is 10.1 Å². The summed E-state index contributed by atoms with van der Waals surface area (Å²) in [5, 5.41) is 12.6. The van der Waals surface area contributed by atoms with Gasteiger partial charge in [0.1, 0.15) is 0 Å². The number of anilines is 1. The van der Waals surface area contributed by atoms with Crippen LogP contribution in [0.5, 0.6) is 0 Å². The molecule has 0 bridgehead atoms. The second-order valence-electron chi connectivity index (χ2n) is 6.07. The van der Waals surface area contributed by atoms with Gasteiger partial charge in [-0.3, -0.25) is 25.3 Å². The number of nitro groups is 1. The molecular weight excluding hydrogens is 354 g/mol. The maximum absolute atomic E-state index is 12.4. The number of nitrogens with one attached hydrogen (secondary N) is 1. The van der Waals surface area contributed by atoms with E-state index in [1.165, 1.54) is 18.2 Å². The Bertz CT molecular complexity index is 973. The van der Waals surface area contributed by atoms with Crippen LogP contribution < -0.4 is 10.4 Å². The van der Waals surface area contributed by atoms with E-state index >= 15 is 0 Å². The van der Waals surface area contributed by atoms with E-state index < -0.39 is 4.92 Å². The highest BCUT2D eigenvalue weighted by atomic mass is 16.6. The van der Waals surface area contributed by atoms with Crippen molar-refractivity contribution in [3.05, 3.63) is 112 Å². The molecule has 0 aliphatic rings. The number of rotatable bonds is 7. The van der Waals surface area contributed by atoms with E-state index in [0.29, 0.717) is 12.1 Å². The number of carbonyl (C=O) groups excluding carboxylic acids is 1. The van der Waals surface area contributed by atoms with Crippen LogP contribution >= 0.6 is 0 Å². The first kappa shape index (κ1) is 18.8. The lowest BCUT2D eigenvalue weighted by molar-refractivity contribution is -0.384. The summed E-state index contributed by atoms with van der Waals surface area (Å²) in [7, 11) is 0. The second-order valence-corrected chi connectivity index (χ2v) is 6.07. The minimum atomic E-state index is -0.464. The fraction of sp³-hybridized carbons (Fsp3) is 0.0455. The van der Waals surface area contributed by atoms with E-state index in [9.17, 15) is 14.9 Å². The number of carbonyl (C=O) groups is 1. The number of non-ortho nitro benzene ring substituents is 1. The molecular formula is C22H19N3O3. The monoisotopic (exact) mass is 373 g/mol. The van der Waals surface area contributed by atoms with Gasteiger partial charge in [-0.05, 0) is 29.3 Å². The Morgan fingerprint density at radius 1 is 0.964 bits per heavy atom. The maximum Gasteiger partial charge on any atom is 0.270 e. The minimum absolute atomic E-state index is 0.0162. The van der Waals surface area contributed by atoms with Gasteiger partial charge in [0, 0.05) is 18.2 Å². The summed E-state index contributed by atoms with van der Waals surface area (Å²) in [4.78, 5) is 22.8. The molecule has 0 fully saturated rings. The molecule has 3 aromatic rings. The highest BCUT2D eigenvalue weighted by molar-refractivity contribution is 5.92. The topological polar surface area (TPSA) is 75.5 Å². The van der Waals surface area contributed by atoms with Crippen molar-refractivity contribution in [3.8, 4) is 0 Å². The molecule has 6 heteroatoms. The van der Waals surface area contributed by atoms with Crippen molar-refractivity contribution in [1.29, 1.82) is 0 Å². The molecule has 1 amide bonds. The van der Waals surface area contributed by atoms with Crippen LogP contribution in [0.2, 0.25) is 0 Å². The molecule has 0 aromatic heterocycles. The van der Waals surface area contributed by atoms with Gasteiger partial charge >= 0.3 is 0 Å². The zero-order valence-corrected chi connectivity index (χ0v) is 15.1. The highest BCUT2D eigenvalue weighted by Crippen LogP contribution is 2.16. The normalized spacial score (nSPS) is 10.6. The molecule has 1 N–H and O–H groups in total. The molecule has 0 aliphatic heterocycles. The van der Waals surface area contributed by atoms with Crippen molar-refractivity contribution in [2.45, 2.75) is 6.54 Å². The number of hydrogen-bond donors (Lipinski definition) is 1. The smallest absolute Gasteiger partial charge is 0.270 e. The molecule has 0 saturated heterocycles. The van der Waals surface area contributed by atoms with Crippen LogP contribution in [-0.4, -0.2) is 10.8 Å². The number of nitrogens with zero attached hydrogens (tertiary/aromatic N) is 2. The standard InChI is InChI=1S/C22H19N3O3/c26-22(15-14-18-10-7-13-21(16-18)25(27)28)23-24(20-11-5-2-6-12-20)17-19-8-3-1-4-9-19/h1-16H,17H2,(H,23,26)/b15-14+. The fourth-order valence-corrected chi connectivity index (χ4v) is 2.65. The van der Waals surface area contributed by atoms with E-state index in [1.807, 2.05) is 60.7 Å². The molecule has 0 spiro atoms. The average Bonchev–Trinajstić information content (AvgIpc) is 2.73. The largest absolute Gasteiger partial charge is 0.281 e. The van der Waals surface area contributed by atoms with Gasteiger partial charge in [0.2, 0.25) is 0 Å². The zero-order chi connectivity index (χ0) is 19.8. The van der Waals surface area contributed by atoms with Crippen LogP contribution in [-0.2, 0) is 11.3 Å². The summed E-state index contributed by atoms with van der Waals surface area (Å²) in [5.41, 5.74) is 5.33. The van der Waals surface area contributed by atoms with Gasteiger partial charge < -0.3 is 0 Å². The van der Waals surface area contributed by atoms with Gasteiger partial charge in [-0.25, -0.2) is 0 Å². The van der Waals surface area contributed by atoms with Crippen molar-refractivity contribution in [1.82, 2.24) is 5.43 Å². The molecule has 0 saturated carbocycles. The first-order valence-corrected chi connectivity index (χ1v) is 8.71. The van der Waals surface area contributed by atoms with E-state index in [-0.39, 0.29) is 11.6 Å². The third kappa shape index (κ3) is 5.28. The molecule has 3 rings (SSSR count). The third-order valence-electron chi connectivity index (χ3n) is 4.00. The van der Waals surface area contributed by atoms with Gasteiger partial charge in [-0.1, -0.05) is 60.7 Å². The Morgan fingerprint density at radius 2 is 1.64 bits per heavy atom. The van der Waals surface area contributed by atoms with E-state index in [0.717, 1.165) is 11.3 Å². The lowest BCUT2D eigenvalue weighted by atomic mass is 10.2. The number of hydrazine groups is 1. The summed E-state index contributed by atoms with van der Waals surface area (Å²) < 4.78 is 0. The lowest BCUT2D eigenvalue weighted by Gasteiger charge is -2.25. The molecule has 0 unspecified atom stereocenters. The van der Waals surface area contributed by atoms with Crippen LogP contribution in [0.4, 0.5) is 11.4 Å². The van der Waals surface area contributed by atoms with E-state index in [2.05, 4.69) is 5.43 Å². The number of nitro benzene ring substituents is 1. The summed E-state index contributed by atoms with van der Waals surface area (Å²) in [6, 6.07) is 25.5. The Kier molecular flexibility index (Phi) is 6.15. The number of hydrogen-bond acceptors (Lipinski definition) is 4. The van der Waals surface area contributed by atoms with Crippen LogP contribution in [0.1, 0.15) is 11.1 Å². The predicted molar refractivity (Wildman–Crippen MR) is 109 cm³/mol. The fourth-order valence-electron chi connectivity index (χ4n) is 2.65. The van der Waals surface area contributed by atoms with Crippen LogP contribution in [0.25, 0.3) is 6.08 Å². The third-order valence-corrected chi connectivity index (χ3v) is 4.00. The highest BCUT2D eigenvalue weighted by Gasteiger charge is 2.10. The van der Waals surface area contributed by atoms with Crippen molar-refractivity contribution in [2.24, 2.45) is 0 Å². The molecule has 0 aliphatic carbocycles. The molecule has 0 radical (unpaired) electrons. The SMILES string of the molecule is O=C(/C=C/c1cccc([N+](=O)[O-])c1)NN(Cc1ccccc1)c1ccccc1. The maximum atomic E-state index is 12.4. The quantitative estimate of drug-likeness (QED) is 0.380. The Hall–Kier alpha value is -3.93. The number of benzene rings is 3. The van der Waals surface area contributed by atoms with Crippen molar-refractivity contribution >= 4 is 23.4 Å². The summed E-state index contributed by atoms with van der Waals surface area (Å²) >= 11 is 0. The molecule has 0 atom stereocenters. The number of para-hydroxylation sites is 1. The van der Waals surface area contributed by atoms with Crippen molar-refractivity contribution in [3.63, 3.8) is 0 Å². The van der Waals surface area contributed by atoms with Crippen molar-refractivity contribution < 1.29 is 9.72 Å². The molecule has 28 heavy (non-hydrogen) atoms. The average molecular weight is 373 g/mol. The Morgan fingerprint density at radius 3 is 2.32 bits per heavy atom. The minimum Gasteiger partial charge on any atom is -0.281 e. The van der Waals surface area contributed by atoms with Crippen molar-refractivity contribution in [2.75, 3.05) is 5.01 Å². The lowest BCUT2D eigenvalue weighted by Crippen LogP contribution is -2.41. The van der Waals surface area contributed by atoms with Gasteiger partial charge in [-0.15, -0.1) is 0 Å². The first-order chi connectivity index (χ1) is 13.6. The second kappa shape index (κ2) is 9.14. The van der Waals surface area contributed by atoms with Crippen LogP contribution in [0.3, 0.4) is 0 Å². The van der Waals surface area contributed by atoms with Gasteiger partial charge in [0.05, 0.1) is 17.2 Å². The molecule has 140 valence electrons. The predicted octanol–water partition coefficient (Wildman–Crippen LogP) is 4.35. The van der Waals surface area contributed by atoms with Crippen LogP contribution in [0.15, 0.2) is 91.0 Å². The van der Waals surface area contributed by atoms with E-state index in [4.69, 9.17) is 0 Å². The van der Waals surface area contributed by atoms with Gasteiger partial charge in [-0.2, -0.15) is 0 Å². The number of amides is 1. The molecule has 3 aromatic carbocycles. The Balaban J connectivity index is 1.74.